The molecule has 0 aromatic heterocycles. The van der Waals surface area contributed by atoms with Crippen LogP contribution in [-0.2, 0) is 0 Å². The number of para-hydroxylation sites is 1. The van der Waals surface area contributed by atoms with E-state index in [0.29, 0.717) is 10.2 Å². The van der Waals surface area contributed by atoms with Gasteiger partial charge in [0.2, 0.25) is 0 Å². The second-order valence-corrected chi connectivity index (χ2v) is 5.78. The van der Waals surface area contributed by atoms with Crippen molar-refractivity contribution in [3.8, 4) is 0 Å². The molecule has 0 radical (unpaired) electrons. The normalized spacial score (nSPS) is 10.2. The number of nitrogens with zero attached hydrogens (tertiary/aromatic N) is 1. The summed E-state index contributed by atoms with van der Waals surface area (Å²) in [6, 6.07) is 11.7. The van der Waals surface area contributed by atoms with Crippen LogP contribution in [0.3, 0.4) is 0 Å². The highest BCUT2D eigenvalue weighted by Crippen LogP contribution is 2.28. The summed E-state index contributed by atoms with van der Waals surface area (Å²) in [5.74, 6) is -0.382. The molecule has 0 aliphatic rings. The topological polar surface area (TPSA) is 72.2 Å². The fourth-order valence-electron chi connectivity index (χ4n) is 1.74. The third kappa shape index (κ3) is 3.62. The van der Waals surface area contributed by atoms with Crippen LogP contribution in [0.5, 0.6) is 0 Å². The van der Waals surface area contributed by atoms with E-state index in [0.717, 1.165) is 4.90 Å². The van der Waals surface area contributed by atoms with E-state index in [2.05, 4.69) is 21.2 Å². The molecule has 0 saturated heterocycles. The molecule has 21 heavy (non-hydrogen) atoms. The predicted octanol–water partition coefficient (Wildman–Crippen LogP) is 4.33. The molecule has 0 fully saturated rings. The van der Waals surface area contributed by atoms with Crippen molar-refractivity contribution >= 4 is 45.0 Å². The van der Waals surface area contributed by atoms with Gasteiger partial charge in [-0.1, -0.05) is 12.1 Å². The molecule has 0 unspecified atom stereocenters. The molecule has 1 N–H and O–H groups in total. The van der Waals surface area contributed by atoms with Gasteiger partial charge in [-0.2, -0.15) is 0 Å². The minimum absolute atomic E-state index is 0.138. The molecule has 0 heterocycles. The fraction of sp³-hybridized carbons (Fsp3) is 0.0714. The smallest absolute Gasteiger partial charge is 0.284 e. The van der Waals surface area contributed by atoms with Crippen LogP contribution in [0, 0.1) is 10.1 Å². The average Bonchev–Trinajstić information content (AvgIpc) is 2.47. The van der Waals surface area contributed by atoms with Crippen LogP contribution in [0.1, 0.15) is 10.4 Å². The van der Waals surface area contributed by atoms with Crippen LogP contribution in [0.4, 0.5) is 11.4 Å². The minimum atomic E-state index is -0.531. The van der Waals surface area contributed by atoms with Crippen LogP contribution in [-0.4, -0.2) is 17.1 Å². The molecule has 108 valence electrons. The Hall–Kier alpha value is -1.86. The number of nitrogens with one attached hydrogen (secondary N) is 1. The highest BCUT2D eigenvalue weighted by Gasteiger charge is 2.16. The van der Waals surface area contributed by atoms with Gasteiger partial charge < -0.3 is 5.32 Å². The Balaban J connectivity index is 2.29. The van der Waals surface area contributed by atoms with E-state index in [1.165, 1.54) is 30.0 Å². The zero-order chi connectivity index (χ0) is 15.4. The lowest BCUT2D eigenvalue weighted by molar-refractivity contribution is -0.385. The standard InChI is InChI=1S/C14H11BrN2O3S/c1-21-13-5-3-2-4-11(13)16-14(18)9-6-7-10(15)12(8-9)17(19)20/h2-8H,1H3,(H,16,18). The molecule has 0 spiro atoms. The molecule has 0 aliphatic heterocycles. The summed E-state index contributed by atoms with van der Waals surface area (Å²) in [4.78, 5) is 23.5. The molecular formula is C14H11BrN2O3S. The number of nitro groups is 1. The van der Waals surface area contributed by atoms with Gasteiger partial charge in [0.1, 0.15) is 0 Å². The Labute approximate surface area is 134 Å². The van der Waals surface area contributed by atoms with E-state index in [-0.39, 0.29) is 17.2 Å². The number of halogens is 1. The molecule has 5 nitrogen and oxygen atoms in total. The highest BCUT2D eigenvalue weighted by molar-refractivity contribution is 9.10. The van der Waals surface area contributed by atoms with Crippen LogP contribution < -0.4 is 5.32 Å². The van der Waals surface area contributed by atoms with Gasteiger partial charge in [-0.05, 0) is 46.5 Å². The minimum Gasteiger partial charge on any atom is -0.321 e. The monoisotopic (exact) mass is 366 g/mol. The zero-order valence-electron chi connectivity index (χ0n) is 11.0. The number of carbonyl (C=O) groups excluding carboxylic acids is 1. The molecular weight excluding hydrogens is 356 g/mol. The van der Waals surface area contributed by atoms with Gasteiger partial charge in [0.25, 0.3) is 11.6 Å². The summed E-state index contributed by atoms with van der Waals surface area (Å²) in [7, 11) is 0. The molecule has 2 aromatic carbocycles. The third-order valence-electron chi connectivity index (χ3n) is 2.76. The lowest BCUT2D eigenvalue weighted by atomic mass is 10.2. The van der Waals surface area contributed by atoms with Crippen LogP contribution >= 0.6 is 27.7 Å². The Morgan fingerprint density at radius 2 is 2.00 bits per heavy atom. The summed E-state index contributed by atoms with van der Waals surface area (Å²) in [5, 5.41) is 13.7. The van der Waals surface area contributed by atoms with Gasteiger partial charge in [-0.15, -0.1) is 11.8 Å². The van der Waals surface area contributed by atoms with Crippen LogP contribution in [0.2, 0.25) is 0 Å². The molecule has 1 amide bonds. The van der Waals surface area contributed by atoms with Crippen molar-refractivity contribution in [2.75, 3.05) is 11.6 Å². The lowest BCUT2D eigenvalue weighted by Crippen LogP contribution is -2.12. The van der Waals surface area contributed by atoms with Crippen LogP contribution in [0.25, 0.3) is 0 Å². The molecule has 2 aromatic rings. The van der Waals surface area contributed by atoms with E-state index in [1.807, 2.05) is 24.5 Å². The number of rotatable bonds is 4. The van der Waals surface area contributed by atoms with Gasteiger partial charge in [-0.3, -0.25) is 14.9 Å². The number of carbonyl (C=O) groups is 1. The molecule has 0 aliphatic carbocycles. The van der Waals surface area contributed by atoms with Crippen molar-refractivity contribution in [2.45, 2.75) is 4.90 Å². The van der Waals surface area contributed by atoms with Crippen molar-refractivity contribution in [1.82, 2.24) is 0 Å². The molecule has 0 saturated carbocycles. The number of thioether (sulfide) groups is 1. The van der Waals surface area contributed by atoms with E-state index < -0.39 is 4.92 Å². The van der Waals surface area contributed by atoms with Crippen molar-refractivity contribution < 1.29 is 9.72 Å². The van der Waals surface area contributed by atoms with Crippen molar-refractivity contribution in [2.24, 2.45) is 0 Å². The van der Waals surface area contributed by atoms with E-state index >= 15 is 0 Å². The van der Waals surface area contributed by atoms with E-state index in [1.54, 1.807) is 6.07 Å². The number of benzene rings is 2. The summed E-state index contributed by atoms with van der Waals surface area (Å²) < 4.78 is 0.341. The fourth-order valence-corrected chi connectivity index (χ4v) is 2.68. The predicted molar refractivity (Wildman–Crippen MR) is 87.0 cm³/mol. The number of hydrogen-bond acceptors (Lipinski definition) is 4. The maximum Gasteiger partial charge on any atom is 0.284 e. The van der Waals surface area contributed by atoms with E-state index in [9.17, 15) is 14.9 Å². The first-order valence-electron chi connectivity index (χ1n) is 5.91. The Morgan fingerprint density at radius 3 is 2.67 bits per heavy atom. The molecule has 0 bridgehead atoms. The highest BCUT2D eigenvalue weighted by atomic mass is 79.9. The maximum atomic E-state index is 12.2. The Kier molecular flexibility index (Phi) is 4.98. The number of amides is 1. The van der Waals surface area contributed by atoms with Gasteiger partial charge in [-0.25, -0.2) is 0 Å². The lowest BCUT2D eigenvalue weighted by Gasteiger charge is -2.09. The SMILES string of the molecule is CSc1ccccc1NC(=O)c1ccc(Br)c([N+](=O)[O-])c1. The van der Waals surface area contributed by atoms with Crippen LogP contribution in [0.15, 0.2) is 51.8 Å². The molecule has 2 rings (SSSR count). The second kappa shape index (κ2) is 6.73. The first-order valence-corrected chi connectivity index (χ1v) is 7.93. The first kappa shape index (κ1) is 15.5. The number of hydrogen-bond donors (Lipinski definition) is 1. The summed E-state index contributed by atoms with van der Waals surface area (Å²) in [6.07, 6.45) is 1.91. The summed E-state index contributed by atoms with van der Waals surface area (Å²) in [6.45, 7) is 0. The number of nitro benzene ring substituents is 1. The maximum absolute atomic E-state index is 12.2. The van der Waals surface area contributed by atoms with Gasteiger partial charge in [0.15, 0.2) is 0 Å². The largest absolute Gasteiger partial charge is 0.321 e. The molecule has 7 heteroatoms. The Bertz CT molecular complexity index is 706. The van der Waals surface area contributed by atoms with Gasteiger partial charge in [0, 0.05) is 16.5 Å². The zero-order valence-corrected chi connectivity index (χ0v) is 13.4. The molecule has 0 atom stereocenters. The third-order valence-corrected chi connectivity index (χ3v) is 4.23. The first-order chi connectivity index (χ1) is 10.0. The summed E-state index contributed by atoms with van der Waals surface area (Å²) in [5.41, 5.74) is 0.780. The van der Waals surface area contributed by atoms with Crippen molar-refractivity contribution in [1.29, 1.82) is 0 Å². The van der Waals surface area contributed by atoms with Gasteiger partial charge >= 0.3 is 0 Å². The van der Waals surface area contributed by atoms with Crippen molar-refractivity contribution in [3.63, 3.8) is 0 Å². The Morgan fingerprint density at radius 1 is 1.29 bits per heavy atom. The number of anilines is 1. The van der Waals surface area contributed by atoms with Crippen molar-refractivity contribution in [3.05, 3.63) is 62.6 Å². The van der Waals surface area contributed by atoms with E-state index in [4.69, 9.17) is 0 Å². The average molecular weight is 367 g/mol. The quantitative estimate of drug-likeness (QED) is 0.496. The van der Waals surface area contributed by atoms with Gasteiger partial charge in [0.05, 0.1) is 15.1 Å². The second-order valence-electron chi connectivity index (χ2n) is 4.08. The summed E-state index contributed by atoms with van der Waals surface area (Å²) >= 11 is 4.61.